The smallest absolute Gasteiger partial charge is 0.408 e. The highest BCUT2D eigenvalue weighted by Gasteiger charge is 2.80. The van der Waals surface area contributed by atoms with Crippen LogP contribution in [0, 0.1) is 36.4 Å². The van der Waals surface area contributed by atoms with Crippen LogP contribution in [0.4, 0.5) is 9.18 Å². The summed E-state index contributed by atoms with van der Waals surface area (Å²) in [6, 6.07) is 4.83. The number of ether oxygens (including phenoxy) is 3. The summed E-state index contributed by atoms with van der Waals surface area (Å²) < 4.78 is 31.6. The first-order chi connectivity index (χ1) is 20.2. The van der Waals surface area contributed by atoms with E-state index in [1.807, 2.05) is 0 Å². The number of esters is 2. The Labute approximate surface area is 266 Å². The topological polar surface area (TPSA) is 132 Å². The van der Waals surface area contributed by atoms with Gasteiger partial charge in [0.1, 0.15) is 34.5 Å². The quantitative estimate of drug-likeness (QED) is 0.201. The van der Waals surface area contributed by atoms with E-state index in [1.54, 1.807) is 81.4 Å². The largest absolute Gasteiger partial charge is 0.460 e. The van der Waals surface area contributed by atoms with E-state index in [9.17, 15) is 18.8 Å². The Hall–Kier alpha value is -2.80. The molecule has 0 radical (unpaired) electrons. The molecule has 44 heavy (non-hydrogen) atoms. The average Bonchev–Trinajstić information content (AvgIpc) is 3.26. The lowest BCUT2D eigenvalue weighted by molar-refractivity contribution is -0.167. The summed E-state index contributed by atoms with van der Waals surface area (Å²) >= 11 is 2.77. The maximum atomic E-state index is 14.5. The van der Waals surface area contributed by atoms with Crippen molar-refractivity contribution in [2.75, 3.05) is 5.75 Å². The van der Waals surface area contributed by atoms with E-state index in [4.69, 9.17) is 14.2 Å². The maximum absolute atomic E-state index is 14.5. The molecule has 1 amide bonds. The molecule has 0 spiro atoms. The van der Waals surface area contributed by atoms with Crippen molar-refractivity contribution in [1.82, 2.24) is 20.5 Å². The van der Waals surface area contributed by atoms with E-state index >= 15 is 0 Å². The monoisotopic (exact) mass is 650 g/mol. The van der Waals surface area contributed by atoms with Gasteiger partial charge in [-0.2, -0.15) is 0 Å². The lowest BCUT2D eigenvalue weighted by Crippen LogP contribution is -2.64. The molecule has 0 aliphatic heterocycles. The Morgan fingerprint density at radius 1 is 1.00 bits per heavy atom. The molecule has 10 nitrogen and oxygen atoms in total. The molecule has 2 N–H and O–H groups in total. The minimum Gasteiger partial charge on any atom is -0.460 e. The predicted octanol–water partition coefficient (Wildman–Crippen LogP) is 5.94. The number of nitrogens with zero attached hydrogens (tertiary/aromatic N) is 2. The Kier molecular flexibility index (Phi) is 9.44. The zero-order valence-corrected chi connectivity index (χ0v) is 28.6. The van der Waals surface area contributed by atoms with Crippen LogP contribution in [0.5, 0.6) is 0 Å². The second kappa shape index (κ2) is 12.2. The molecule has 1 aromatic carbocycles. The number of halogens is 1. The van der Waals surface area contributed by atoms with Crippen LogP contribution in [-0.2, 0) is 23.8 Å². The number of carbonyl (C=O) groups excluding carboxylic acids is 3. The third-order valence-corrected chi connectivity index (χ3v) is 9.71. The fourth-order valence-electron chi connectivity index (χ4n) is 5.78. The van der Waals surface area contributed by atoms with E-state index in [-0.39, 0.29) is 11.7 Å². The number of nitrogens with one attached hydrogen (secondary N) is 2. The molecule has 4 rings (SSSR count). The Balaban J connectivity index is 1.84. The highest BCUT2D eigenvalue weighted by Crippen LogP contribution is 2.69. The summed E-state index contributed by atoms with van der Waals surface area (Å²) in [5, 5.41) is 9.94. The molecule has 2 saturated carbocycles. The average molecular weight is 651 g/mol. The molecule has 0 saturated heterocycles. The van der Waals surface area contributed by atoms with E-state index in [0.29, 0.717) is 16.5 Å². The van der Waals surface area contributed by atoms with Gasteiger partial charge in [0.15, 0.2) is 0 Å². The zero-order chi connectivity index (χ0) is 32.8. The van der Waals surface area contributed by atoms with Crippen molar-refractivity contribution in [3.8, 4) is 0 Å². The molecule has 2 fully saturated rings. The highest BCUT2D eigenvalue weighted by molar-refractivity contribution is 8.00. The van der Waals surface area contributed by atoms with Crippen molar-refractivity contribution in [3.63, 3.8) is 0 Å². The molecule has 2 aliphatic rings. The van der Waals surface area contributed by atoms with Gasteiger partial charge in [0, 0.05) is 27.7 Å². The molecule has 2 aromatic rings. The summed E-state index contributed by atoms with van der Waals surface area (Å²) in [5.74, 6) is -3.36. The maximum Gasteiger partial charge on any atom is 0.408 e. The van der Waals surface area contributed by atoms with Gasteiger partial charge in [-0.3, -0.25) is 9.89 Å². The lowest BCUT2D eigenvalue weighted by atomic mass is 9.81. The standard InChI is InChI=1S/C31H43FN4O6S2/c1-16-13-17(11-12-19(16)32)43-14-18-23(44-26-33-15-34-36-26)20-21(24(37)40-28(2,3)4)22(20)31(18,25(38)41-29(5,6)7)35-27(39)42-30(8,9)10/h11-13,15,18,20-23H,14H2,1-10H3,(H,35,39)(H,33,34,36)/t18-,20+,21+,22+,23-,31+/m1/s1. The number of hydrogen-bond donors (Lipinski definition) is 2. The first kappa shape index (κ1) is 34.1. The number of aromatic amines is 1. The number of thioether (sulfide) groups is 2. The van der Waals surface area contributed by atoms with Crippen molar-refractivity contribution in [1.29, 1.82) is 0 Å². The normalized spacial score (nSPS) is 26.5. The van der Waals surface area contributed by atoms with Gasteiger partial charge in [0.2, 0.25) is 5.16 Å². The van der Waals surface area contributed by atoms with E-state index in [0.717, 1.165) is 4.90 Å². The predicted molar refractivity (Wildman–Crippen MR) is 166 cm³/mol. The number of aryl methyl sites for hydroxylation is 1. The summed E-state index contributed by atoms with van der Waals surface area (Å²) in [4.78, 5) is 46.8. The fourth-order valence-corrected chi connectivity index (χ4v) is 8.60. The van der Waals surface area contributed by atoms with Crippen LogP contribution in [0.3, 0.4) is 0 Å². The molecule has 2 aliphatic carbocycles. The minimum atomic E-state index is -1.65. The summed E-state index contributed by atoms with van der Waals surface area (Å²) in [6.45, 7) is 17.5. The van der Waals surface area contributed by atoms with Gasteiger partial charge in [0.25, 0.3) is 0 Å². The molecule has 242 valence electrons. The van der Waals surface area contributed by atoms with Gasteiger partial charge in [-0.1, -0.05) is 11.8 Å². The van der Waals surface area contributed by atoms with Crippen molar-refractivity contribution in [3.05, 3.63) is 35.9 Å². The van der Waals surface area contributed by atoms with Crippen molar-refractivity contribution in [2.24, 2.45) is 23.7 Å². The summed E-state index contributed by atoms with van der Waals surface area (Å²) in [6.07, 6.45) is 0.658. The van der Waals surface area contributed by atoms with Crippen molar-refractivity contribution in [2.45, 2.75) is 107 Å². The number of alkyl carbamates (subject to hydrolysis) is 1. The van der Waals surface area contributed by atoms with Crippen LogP contribution >= 0.6 is 23.5 Å². The summed E-state index contributed by atoms with van der Waals surface area (Å²) in [5.41, 5.74) is -3.67. The van der Waals surface area contributed by atoms with Crippen LogP contribution in [0.1, 0.15) is 67.9 Å². The number of fused-ring (bicyclic) bond motifs is 1. The number of H-pyrrole nitrogens is 1. The van der Waals surface area contributed by atoms with Gasteiger partial charge in [-0.15, -0.1) is 16.9 Å². The van der Waals surface area contributed by atoms with Crippen molar-refractivity contribution < 1.29 is 33.0 Å². The third kappa shape index (κ3) is 7.70. The molecule has 1 aromatic heterocycles. The van der Waals surface area contributed by atoms with Gasteiger partial charge in [-0.25, -0.2) is 19.0 Å². The molecule has 6 atom stereocenters. The Bertz CT molecular complexity index is 1380. The molecular formula is C31H43FN4O6S2. The van der Waals surface area contributed by atoms with Gasteiger partial charge in [0.05, 0.1) is 5.92 Å². The highest BCUT2D eigenvalue weighted by atomic mass is 32.2. The number of rotatable bonds is 8. The SMILES string of the molecule is Cc1cc(SC[C@@H]2[C@@H](Sc3nc[nH]n3)[C@H]3[C@H](C(=O)OC(C)(C)C)[C@H]3[C@]2(NC(=O)OC(C)(C)C)C(=O)OC(C)(C)C)ccc1F. The Morgan fingerprint density at radius 2 is 1.64 bits per heavy atom. The third-order valence-electron chi connectivity index (χ3n) is 7.28. The van der Waals surface area contributed by atoms with E-state index in [1.165, 1.54) is 35.9 Å². The Morgan fingerprint density at radius 3 is 2.18 bits per heavy atom. The number of hydrogen-bond acceptors (Lipinski definition) is 10. The second-order valence-electron chi connectivity index (χ2n) is 14.4. The van der Waals surface area contributed by atoms with Gasteiger partial charge in [-0.05, 0) is 98.9 Å². The summed E-state index contributed by atoms with van der Waals surface area (Å²) in [7, 11) is 0. The lowest BCUT2D eigenvalue weighted by Gasteiger charge is -2.41. The number of amides is 1. The van der Waals surface area contributed by atoms with Crippen LogP contribution in [0.15, 0.2) is 34.6 Å². The fraction of sp³-hybridized carbons (Fsp3) is 0.645. The van der Waals surface area contributed by atoms with E-state index in [2.05, 4.69) is 20.5 Å². The first-order valence-electron chi connectivity index (χ1n) is 14.6. The number of aromatic nitrogens is 3. The van der Waals surface area contributed by atoms with Crippen LogP contribution in [0.2, 0.25) is 0 Å². The van der Waals surface area contributed by atoms with Gasteiger partial charge >= 0.3 is 18.0 Å². The first-order valence-corrected chi connectivity index (χ1v) is 16.5. The van der Waals surface area contributed by atoms with Crippen LogP contribution in [-0.4, -0.2) is 66.6 Å². The molecular weight excluding hydrogens is 607 g/mol. The molecule has 0 bridgehead atoms. The molecule has 1 heterocycles. The van der Waals surface area contributed by atoms with E-state index < -0.39 is 63.4 Å². The van der Waals surface area contributed by atoms with Crippen LogP contribution in [0.25, 0.3) is 0 Å². The van der Waals surface area contributed by atoms with Gasteiger partial charge < -0.3 is 19.5 Å². The zero-order valence-electron chi connectivity index (χ0n) is 26.9. The van der Waals surface area contributed by atoms with Crippen molar-refractivity contribution >= 4 is 41.6 Å². The molecule has 0 unspecified atom stereocenters. The molecule has 13 heteroatoms. The number of carbonyl (C=O) groups is 3. The van der Waals surface area contributed by atoms with Crippen LogP contribution < -0.4 is 5.32 Å². The second-order valence-corrected chi connectivity index (χ2v) is 16.6. The minimum absolute atomic E-state index is 0.315. The number of benzene rings is 1.